The Labute approximate surface area is 77.4 Å². The van der Waals surface area contributed by atoms with Crippen molar-refractivity contribution in [1.29, 1.82) is 0 Å². The molecular weight excluding hydrogens is 166 g/mol. The van der Waals surface area contributed by atoms with Crippen molar-refractivity contribution in [1.82, 2.24) is 10.2 Å². The van der Waals surface area contributed by atoms with E-state index in [0.717, 1.165) is 18.7 Å². The maximum atomic E-state index is 10.8. The Morgan fingerprint density at radius 1 is 1.54 bits per heavy atom. The molecule has 0 fully saturated rings. The molecule has 0 aliphatic carbocycles. The van der Waals surface area contributed by atoms with Gasteiger partial charge in [-0.1, -0.05) is 19.8 Å². The molecule has 0 aliphatic rings. The van der Waals surface area contributed by atoms with E-state index >= 15 is 0 Å². The van der Waals surface area contributed by atoms with E-state index in [4.69, 9.17) is 0 Å². The molecule has 0 aromatic carbocycles. The highest BCUT2D eigenvalue weighted by atomic mass is 16.1. The lowest BCUT2D eigenvalue weighted by Gasteiger charge is -2.03. The van der Waals surface area contributed by atoms with Gasteiger partial charge in [0.25, 0.3) is 5.56 Å². The highest BCUT2D eigenvalue weighted by molar-refractivity contribution is 5.38. The molecule has 0 spiro atoms. The third kappa shape index (κ3) is 3.73. The van der Waals surface area contributed by atoms with Crippen molar-refractivity contribution in [3.63, 3.8) is 0 Å². The lowest BCUT2D eigenvalue weighted by atomic mass is 10.2. The summed E-state index contributed by atoms with van der Waals surface area (Å²) in [4.78, 5) is 10.8. The van der Waals surface area contributed by atoms with Gasteiger partial charge in [0.15, 0.2) is 0 Å². The Hall–Kier alpha value is -1.32. The third-order valence-electron chi connectivity index (χ3n) is 1.77. The summed E-state index contributed by atoms with van der Waals surface area (Å²) < 4.78 is 0. The average Bonchev–Trinajstić information content (AvgIpc) is 2.13. The Morgan fingerprint density at radius 3 is 3.08 bits per heavy atom. The Bertz CT molecular complexity index is 295. The van der Waals surface area contributed by atoms with E-state index in [1.54, 1.807) is 6.20 Å². The van der Waals surface area contributed by atoms with Gasteiger partial charge in [-0.05, 0) is 6.42 Å². The molecule has 4 heteroatoms. The largest absolute Gasteiger partial charge is 0.384 e. The summed E-state index contributed by atoms with van der Waals surface area (Å²) in [6.07, 6.45) is 5.16. The fraction of sp³-hybridized carbons (Fsp3) is 0.556. The molecule has 0 saturated heterocycles. The minimum absolute atomic E-state index is 0.166. The molecule has 0 unspecified atom stereocenters. The van der Waals surface area contributed by atoms with E-state index in [1.165, 1.54) is 18.9 Å². The van der Waals surface area contributed by atoms with E-state index in [1.807, 2.05) is 0 Å². The zero-order chi connectivity index (χ0) is 9.52. The maximum Gasteiger partial charge on any atom is 0.266 e. The van der Waals surface area contributed by atoms with E-state index in [9.17, 15) is 4.79 Å². The molecule has 0 aliphatic heterocycles. The average molecular weight is 181 g/mol. The number of hydrogen-bond acceptors (Lipinski definition) is 3. The van der Waals surface area contributed by atoms with Crippen LogP contribution in [0.25, 0.3) is 0 Å². The summed E-state index contributed by atoms with van der Waals surface area (Å²) in [7, 11) is 0. The van der Waals surface area contributed by atoms with Gasteiger partial charge in [0, 0.05) is 12.6 Å². The number of nitrogens with zero attached hydrogens (tertiary/aromatic N) is 1. The highest BCUT2D eigenvalue weighted by Gasteiger charge is 1.92. The number of hydrogen-bond donors (Lipinski definition) is 2. The lowest BCUT2D eigenvalue weighted by Crippen LogP contribution is -2.09. The number of anilines is 1. The quantitative estimate of drug-likeness (QED) is 0.674. The molecule has 2 N–H and O–H groups in total. The second-order valence-corrected chi connectivity index (χ2v) is 2.97. The van der Waals surface area contributed by atoms with Crippen LogP contribution in [-0.4, -0.2) is 16.7 Å². The van der Waals surface area contributed by atoms with Crippen LogP contribution in [0, 0.1) is 0 Å². The topological polar surface area (TPSA) is 57.8 Å². The maximum absolute atomic E-state index is 10.8. The zero-order valence-electron chi connectivity index (χ0n) is 7.84. The summed E-state index contributed by atoms with van der Waals surface area (Å²) >= 11 is 0. The number of aromatic amines is 1. The summed E-state index contributed by atoms with van der Waals surface area (Å²) in [6.45, 7) is 3.06. The van der Waals surface area contributed by atoms with Gasteiger partial charge < -0.3 is 5.32 Å². The third-order valence-corrected chi connectivity index (χ3v) is 1.77. The molecule has 0 amide bonds. The first-order valence-corrected chi connectivity index (χ1v) is 4.61. The summed E-state index contributed by atoms with van der Waals surface area (Å²) in [5.74, 6) is 0. The Kier molecular flexibility index (Phi) is 4.02. The SMILES string of the molecule is CCCCCNc1cn[nH]c(=O)c1. The number of rotatable bonds is 5. The summed E-state index contributed by atoms with van der Waals surface area (Å²) in [5.41, 5.74) is 0.625. The number of unbranched alkanes of at least 4 members (excludes halogenated alkanes) is 2. The molecule has 1 aromatic heterocycles. The van der Waals surface area contributed by atoms with Crippen molar-refractivity contribution in [2.24, 2.45) is 0 Å². The van der Waals surface area contributed by atoms with Crippen LogP contribution in [0.3, 0.4) is 0 Å². The first-order valence-electron chi connectivity index (χ1n) is 4.61. The van der Waals surface area contributed by atoms with E-state index in [-0.39, 0.29) is 5.56 Å². The minimum Gasteiger partial charge on any atom is -0.384 e. The Morgan fingerprint density at radius 2 is 2.38 bits per heavy atom. The fourth-order valence-corrected chi connectivity index (χ4v) is 1.08. The number of nitrogens with one attached hydrogen (secondary N) is 2. The normalized spacial score (nSPS) is 9.92. The predicted octanol–water partition coefficient (Wildman–Crippen LogP) is 1.37. The van der Waals surface area contributed by atoms with Crippen LogP contribution in [0.4, 0.5) is 5.69 Å². The van der Waals surface area contributed by atoms with E-state index in [2.05, 4.69) is 22.4 Å². The summed E-state index contributed by atoms with van der Waals surface area (Å²) in [5, 5.41) is 9.15. The second kappa shape index (κ2) is 5.35. The van der Waals surface area contributed by atoms with Crippen molar-refractivity contribution in [2.75, 3.05) is 11.9 Å². The molecule has 1 rings (SSSR count). The molecule has 13 heavy (non-hydrogen) atoms. The van der Waals surface area contributed by atoms with Crippen molar-refractivity contribution in [2.45, 2.75) is 26.2 Å². The monoisotopic (exact) mass is 181 g/mol. The highest BCUT2D eigenvalue weighted by Crippen LogP contribution is 2.00. The van der Waals surface area contributed by atoms with Crippen LogP contribution in [0.15, 0.2) is 17.1 Å². The van der Waals surface area contributed by atoms with Crippen LogP contribution in [0.1, 0.15) is 26.2 Å². The van der Waals surface area contributed by atoms with Crippen molar-refractivity contribution in [3.8, 4) is 0 Å². The Balaban J connectivity index is 2.33. The molecule has 4 nitrogen and oxygen atoms in total. The van der Waals surface area contributed by atoms with E-state index in [0.29, 0.717) is 0 Å². The summed E-state index contributed by atoms with van der Waals surface area (Å²) in [6, 6.07) is 1.51. The van der Waals surface area contributed by atoms with Crippen LogP contribution >= 0.6 is 0 Å². The number of H-pyrrole nitrogens is 1. The van der Waals surface area contributed by atoms with Crippen LogP contribution in [-0.2, 0) is 0 Å². The molecule has 1 aromatic rings. The van der Waals surface area contributed by atoms with Gasteiger partial charge in [0.1, 0.15) is 0 Å². The van der Waals surface area contributed by atoms with Gasteiger partial charge in [-0.15, -0.1) is 0 Å². The molecule has 0 atom stereocenters. The van der Waals surface area contributed by atoms with Gasteiger partial charge in [0.05, 0.1) is 11.9 Å². The van der Waals surface area contributed by atoms with Gasteiger partial charge >= 0.3 is 0 Å². The zero-order valence-corrected chi connectivity index (χ0v) is 7.84. The molecule has 0 bridgehead atoms. The predicted molar refractivity (Wildman–Crippen MR) is 52.9 cm³/mol. The van der Waals surface area contributed by atoms with Gasteiger partial charge in [-0.25, -0.2) is 5.10 Å². The van der Waals surface area contributed by atoms with Crippen LogP contribution in [0.2, 0.25) is 0 Å². The van der Waals surface area contributed by atoms with Crippen LogP contribution < -0.4 is 10.9 Å². The second-order valence-electron chi connectivity index (χ2n) is 2.97. The molecule has 1 heterocycles. The first-order chi connectivity index (χ1) is 6.33. The lowest BCUT2D eigenvalue weighted by molar-refractivity contribution is 0.743. The van der Waals surface area contributed by atoms with Crippen molar-refractivity contribution < 1.29 is 0 Å². The molecule has 0 saturated carbocycles. The molecule has 0 radical (unpaired) electrons. The van der Waals surface area contributed by atoms with Crippen molar-refractivity contribution in [3.05, 3.63) is 22.6 Å². The van der Waals surface area contributed by atoms with Gasteiger partial charge in [0.2, 0.25) is 0 Å². The molecule has 72 valence electrons. The van der Waals surface area contributed by atoms with Crippen molar-refractivity contribution >= 4 is 5.69 Å². The smallest absolute Gasteiger partial charge is 0.266 e. The first kappa shape index (κ1) is 9.77. The van der Waals surface area contributed by atoms with Gasteiger partial charge in [-0.2, -0.15) is 5.10 Å². The van der Waals surface area contributed by atoms with E-state index < -0.39 is 0 Å². The standard InChI is InChI=1S/C9H15N3O/c1-2-3-4-5-10-8-6-9(13)12-11-7-8/h6-7H,2-5H2,1H3,(H2,10,12,13). The molecular formula is C9H15N3O. The number of aromatic nitrogens is 2. The minimum atomic E-state index is -0.166. The fourth-order valence-electron chi connectivity index (χ4n) is 1.08. The van der Waals surface area contributed by atoms with Crippen LogP contribution in [0.5, 0.6) is 0 Å². The van der Waals surface area contributed by atoms with Gasteiger partial charge in [-0.3, -0.25) is 4.79 Å².